The van der Waals surface area contributed by atoms with Crippen molar-refractivity contribution in [3.05, 3.63) is 29.8 Å². The summed E-state index contributed by atoms with van der Waals surface area (Å²) in [6.45, 7) is 4.20. The van der Waals surface area contributed by atoms with E-state index in [1.54, 1.807) is 11.8 Å². The quantitative estimate of drug-likeness (QED) is 0.797. The van der Waals surface area contributed by atoms with E-state index in [1.807, 2.05) is 0 Å². The SMILES string of the molecule is Cc1ccc(SCCC(=O)NC(C)C2CC2)cc1. The van der Waals surface area contributed by atoms with Crippen molar-refractivity contribution in [3.8, 4) is 0 Å². The number of hydrogen-bond donors (Lipinski definition) is 1. The molecule has 98 valence electrons. The minimum atomic E-state index is 0.189. The third-order valence-electron chi connectivity index (χ3n) is 3.34. The van der Waals surface area contributed by atoms with Crippen molar-refractivity contribution in [2.45, 2.75) is 44.0 Å². The van der Waals surface area contributed by atoms with Gasteiger partial charge in [-0.2, -0.15) is 0 Å². The lowest BCUT2D eigenvalue weighted by atomic mass is 10.2. The predicted molar refractivity (Wildman–Crippen MR) is 76.8 cm³/mol. The van der Waals surface area contributed by atoms with Crippen LogP contribution in [0.3, 0.4) is 0 Å². The van der Waals surface area contributed by atoms with Crippen LogP contribution in [-0.4, -0.2) is 17.7 Å². The van der Waals surface area contributed by atoms with Crippen molar-refractivity contribution in [1.29, 1.82) is 0 Å². The zero-order valence-corrected chi connectivity index (χ0v) is 11.9. The van der Waals surface area contributed by atoms with E-state index < -0.39 is 0 Å². The van der Waals surface area contributed by atoms with Gasteiger partial charge < -0.3 is 5.32 Å². The van der Waals surface area contributed by atoms with Gasteiger partial charge in [0, 0.05) is 23.1 Å². The number of hydrogen-bond acceptors (Lipinski definition) is 2. The molecule has 1 amide bonds. The highest BCUT2D eigenvalue weighted by atomic mass is 32.2. The van der Waals surface area contributed by atoms with Crippen LogP contribution >= 0.6 is 11.8 Å². The third kappa shape index (κ3) is 4.37. The van der Waals surface area contributed by atoms with Crippen LogP contribution in [0.1, 0.15) is 31.7 Å². The molecule has 3 heteroatoms. The average molecular weight is 263 g/mol. The molecule has 2 nitrogen and oxygen atoms in total. The van der Waals surface area contributed by atoms with E-state index in [4.69, 9.17) is 0 Å². The summed E-state index contributed by atoms with van der Waals surface area (Å²) in [6.07, 6.45) is 3.16. The predicted octanol–water partition coefficient (Wildman–Crippen LogP) is 3.39. The van der Waals surface area contributed by atoms with Crippen molar-refractivity contribution < 1.29 is 4.79 Å². The van der Waals surface area contributed by atoms with Crippen LogP contribution in [0.5, 0.6) is 0 Å². The minimum Gasteiger partial charge on any atom is -0.353 e. The minimum absolute atomic E-state index is 0.189. The van der Waals surface area contributed by atoms with Gasteiger partial charge in [0.1, 0.15) is 0 Å². The van der Waals surface area contributed by atoms with Gasteiger partial charge >= 0.3 is 0 Å². The van der Waals surface area contributed by atoms with Crippen LogP contribution < -0.4 is 5.32 Å². The van der Waals surface area contributed by atoms with Gasteiger partial charge in [-0.15, -0.1) is 11.8 Å². The normalized spacial score (nSPS) is 16.3. The summed E-state index contributed by atoms with van der Waals surface area (Å²) in [5.74, 6) is 1.78. The smallest absolute Gasteiger partial charge is 0.221 e. The van der Waals surface area contributed by atoms with Crippen molar-refractivity contribution in [2.24, 2.45) is 5.92 Å². The first-order chi connectivity index (χ1) is 8.65. The largest absolute Gasteiger partial charge is 0.353 e. The van der Waals surface area contributed by atoms with E-state index in [0.29, 0.717) is 12.5 Å². The molecule has 2 rings (SSSR count). The standard InChI is InChI=1S/C15H21NOS/c1-11-3-7-14(8-4-11)18-10-9-15(17)16-12(2)13-5-6-13/h3-4,7-8,12-13H,5-6,9-10H2,1-2H3,(H,16,17). The second-order valence-corrected chi connectivity index (χ2v) is 6.27. The monoisotopic (exact) mass is 263 g/mol. The number of nitrogens with one attached hydrogen (secondary N) is 1. The molecule has 0 radical (unpaired) electrons. The molecule has 1 aliphatic carbocycles. The van der Waals surface area contributed by atoms with Crippen molar-refractivity contribution >= 4 is 17.7 Å². The fraction of sp³-hybridized carbons (Fsp3) is 0.533. The zero-order chi connectivity index (χ0) is 13.0. The molecule has 0 bridgehead atoms. The molecule has 0 spiro atoms. The van der Waals surface area contributed by atoms with Gasteiger partial charge in [-0.25, -0.2) is 0 Å². The van der Waals surface area contributed by atoms with Gasteiger partial charge in [0.2, 0.25) is 5.91 Å². The molecule has 0 heterocycles. The Balaban J connectivity index is 1.65. The van der Waals surface area contributed by atoms with E-state index in [-0.39, 0.29) is 5.91 Å². The van der Waals surface area contributed by atoms with Crippen molar-refractivity contribution in [3.63, 3.8) is 0 Å². The van der Waals surface area contributed by atoms with Gasteiger partial charge in [-0.3, -0.25) is 4.79 Å². The molecular weight excluding hydrogens is 242 g/mol. The summed E-state index contributed by atoms with van der Waals surface area (Å²) in [4.78, 5) is 12.9. The lowest BCUT2D eigenvalue weighted by molar-refractivity contribution is -0.121. The van der Waals surface area contributed by atoms with Crippen LogP contribution in [0, 0.1) is 12.8 Å². The molecule has 1 unspecified atom stereocenters. The highest BCUT2D eigenvalue weighted by Crippen LogP contribution is 2.32. The van der Waals surface area contributed by atoms with E-state index in [1.165, 1.54) is 23.3 Å². The second-order valence-electron chi connectivity index (χ2n) is 5.11. The van der Waals surface area contributed by atoms with E-state index in [9.17, 15) is 4.79 Å². The lowest BCUT2D eigenvalue weighted by Gasteiger charge is -2.12. The molecule has 0 aromatic heterocycles. The fourth-order valence-electron chi connectivity index (χ4n) is 1.94. The second kappa shape index (κ2) is 6.28. The summed E-state index contributed by atoms with van der Waals surface area (Å²) in [7, 11) is 0. The number of rotatable bonds is 6. The Morgan fingerprint density at radius 1 is 1.39 bits per heavy atom. The average Bonchev–Trinajstić information content (AvgIpc) is 3.15. The number of amides is 1. The first-order valence-electron chi connectivity index (χ1n) is 6.64. The van der Waals surface area contributed by atoms with Crippen molar-refractivity contribution in [1.82, 2.24) is 5.32 Å². The van der Waals surface area contributed by atoms with Crippen LogP contribution in [0.4, 0.5) is 0 Å². The number of benzene rings is 1. The van der Waals surface area contributed by atoms with Crippen molar-refractivity contribution in [2.75, 3.05) is 5.75 Å². The Morgan fingerprint density at radius 3 is 2.67 bits per heavy atom. The third-order valence-corrected chi connectivity index (χ3v) is 4.35. The molecule has 0 saturated heterocycles. The first-order valence-corrected chi connectivity index (χ1v) is 7.62. The maximum absolute atomic E-state index is 11.7. The van der Waals surface area contributed by atoms with Crippen LogP contribution in [0.15, 0.2) is 29.2 Å². The molecule has 1 fully saturated rings. The lowest BCUT2D eigenvalue weighted by Crippen LogP contribution is -2.34. The molecule has 1 aromatic carbocycles. The molecule has 1 aliphatic rings. The molecule has 1 N–H and O–H groups in total. The highest BCUT2D eigenvalue weighted by molar-refractivity contribution is 7.99. The Bertz CT molecular complexity index is 397. The summed E-state index contributed by atoms with van der Waals surface area (Å²) in [5.41, 5.74) is 1.27. The van der Waals surface area contributed by atoms with Gasteiger partial charge in [-0.05, 0) is 44.7 Å². The number of aryl methyl sites for hydroxylation is 1. The van der Waals surface area contributed by atoms with Gasteiger partial charge in [-0.1, -0.05) is 17.7 Å². The maximum Gasteiger partial charge on any atom is 0.221 e. The van der Waals surface area contributed by atoms with E-state index >= 15 is 0 Å². The van der Waals surface area contributed by atoms with Crippen LogP contribution in [-0.2, 0) is 4.79 Å². The topological polar surface area (TPSA) is 29.1 Å². The molecular formula is C15H21NOS. The van der Waals surface area contributed by atoms with Crippen LogP contribution in [0.2, 0.25) is 0 Å². The highest BCUT2D eigenvalue weighted by Gasteiger charge is 2.28. The van der Waals surface area contributed by atoms with Gasteiger partial charge in [0.15, 0.2) is 0 Å². The van der Waals surface area contributed by atoms with E-state index in [2.05, 4.69) is 43.4 Å². The Hall–Kier alpha value is -0.960. The zero-order valence-electron chi connectivity index (χ0n) is 11.1. The summed E-state index contributed by atoms with van der Waals surface area (Å²) < 4.78 is 0. The summed E-state index contributed by atoms with van der Waals surface area (Å²) in [5, 5.41) is 3.08. The molecule has 0 aliphatic heterocycles. The molecule has 1 atom stereocenters. The Labute approximate surface area is 114 Å². The fourth-order valence-corrected chi connectivity index (χ4v) is 2.79. The molecule has 18 heavy (non-hydrogen) atoms. The number of carbonyl (C=O) groups excluding carboxylic acids is 1. The van der Waals surface area contributed by atoms with Crippen LogP contribution in [0.25, 0.3) is 0 Å². The summed E-state index contributed by atoms with van der Waals surface area (Å²) in [6, 6.07) is 8.81. The Morgan fingerprint density at radius 2 is 2.06 bits per heavy atom. The van der Waals surface area contributed by atoms with Gasteiger partial charge in [0.25, 0.3) is 0 Å². The summed E-state index contributed by atoms with van der Waals surface area (Å²) >= 11 is 1.75. The molecule has 1 saturated carbocycles. The number of carbonyl (C=O) groups is 1. The maximum atomic E-state index is 11.7. The molecule has 1 aromatic rings. The Kier molecular flexibility index (Phi) is 4.70. The van der Waals surface area contributed by atoms with Gasteiger partial charge in [0.05, 0.1) is 0 Å². The first kappa shape index (κ1) is 13.5. The van der Waals surface area contributed by atoms with E-state index in [0.717, 1.165) is 11.7 Å². The number of thioether (sulfide) groups is 1.